The first-order valence-electron chi connectivity index (χ1n) is 7.06. The van der Waals surface area contributed by atoms with Gasteiger partial charge >= 0.3 is 0 Å². The van der Waals surface area contributed by atoms with E-state index in [9.17, 15) is 0 Å². The Hall–Kier alpha value is -0.980. The molecule has 0 rings (SSSR count). The maximum atomic E-state index is 4.20. The average molecular weight is 249 g/mol. The molecule has 0 spiro atoms. The molecule has 1 atom stereocenters. The second-order valence-corrected chi connectivity index (χ2v) is 5.88. The van der Waals surface area contributed by atoms with E-state index < -0.39 is 0 Å². The van der Waals surface area contributed by atoms with Crippen molar-refractivity contribution in [3.63, 3.8) is 0 Å². The summed E-state index contributed by atoms with van der Waals surface area (Å²) >= 11 is 0. The first kappa shape index (κ1) is 17.0. The van der Waals surface area contributed by atoms with E-state index in [0.29, 0.717) is 6.04 Å². The molecule has 104 valence electrons. The van der Waals surface area contributed by atoms with Gasteiger partial charge in [0.25, 0.3) is 0 Å². The molecule has 18 heavy (non-hydrogen) atoms. The Labute approximate surface area is 114 Å². The van der Waals surface area contributed by atoms with Crippen molar-refractivity contribution >= 4 is 0 Å². The van der Waals surface area contributed by atoms with E-state index in [-0.39, 0.29) is 5.41 Å². The Morgan fingerprint density at radius 2 is 1.72 bits per heavy atom. The molecule has 0 aliphatic rings. The normalized spacial score (nSPS) is 12.9. The van der Waals surface area contributed by atoms with E-state index in [2.05, 4.69) is 59.7 Å². The molecule has 1 unspecified atom stereocenters. The van der Waals surface area contributed by atoms with Crippen LogP contribution in [0.2, 0.25) is 0 Å². The van der Waals surface area contributed by atoms with Gasteiger partial charge in [-0.1, -0.05) is 65.8 Å². The van der Waals surface area contributed by atoms with Gasteiger partial charge in [0.05, 0.1) is 0 Å². The number of unbranched alkanes of at least 4 members (excludes halogenated alkanes) is 1. The molecule has 0 aromatic heterocycles. The van der Waals surface area contributed by atoms with Gasteiger partial charge in [-0.15, -0.1) is 0 Å². The van der Waals surface area contributed by atoms with Crippen LogP contribution in [0.25, 0.3) is 0 Å². The summed E-state index contributed by atoms with van der Waals surface area (Å²) in [5.74, 6) is 0. The molecule has 0 saturated carbocycles. The van der Waals surface area contributed by atoms with Gasteiger partial charge in [0.15, 0.2) is 0 Å². The number of rotatable bonds is 9. The highest BCUT2D eigenvalue weighted by Gasteiger charge is 2.22. The summed E-state index contributed by atoms with van der Waals surface area (Å²) < 4.78 is 0. The monoisotopic (exact) mass is 249 g/mol. The lowest BCUT2D eigenvalue weighted by Gasteiger charge is -2.30. The van der Waals surface area contributed by atoms with Crippen molar-refractivity contribution < 1.29 is 0 Å². The van der Waals surface area contributed by atoms with Crippen molar-refractivity contribution in [2.45, 2.75) is 66.3 Å². The van der Waals surface area contributed by atoms with Crippen molar-refractivity contribution in [3.05, 3.63) is 36.6 Å². The molecule has 1 N–H and O–H groups in total. The number of allylic oxidation sites excluding steroid dienone is 1. The summed E-state index contributed by atoms with van der Waals surface area (Å²) in [4.78, 5) is 0. The fourth-order valence-corrected chi connectivity index (χ4v) is 1.77. The van der Waals surface area contributed by atoms with E-state index in [4.69, 9.17) is 0 Å². The van der Waals surface area contributed by atoms with Gasteiger partial charge < -0.3 is 5.32 Å². The zero-order chi connectivity index (χ0) is 14.3. The molecule has 0 aliphatic heterocycles. The van der Waals surface area contributed by atoms with Gasteiger partial charge in [-0.25, -0.2) is 0 Å². The van der Waals surface area contributed by atoms with Gasteiger partial charge in [0.2, 0.25) is 0 Å². The highest BCUT2D eigenvalue weighted by molar-refractivity contribution is 5.30. The highest BCUT2D eigenvalue weighted by atomic mass is 14.9. The first-order chi connectivity index (χ1) is 8.26. The zero-order valence-electron chi connectivity index (χ0n) is 13.0. The third-order valence-electron chi connectivity index (χ3n) is 3.85. The van der Waals surface area contributed by atoms with Crippen LogP contribution in [0.15, 0.2) is 36.6 Å². The van der Waals surface area contributed by atoms with Crippen LogP contribution in [-0.2, 0) is 0 Å². The molecule has 0 fully saturated rings. The molecule has 0 aliphatic carbocycles. The van der Waals surface area contributed by atoms with Crippen molar-refractivity contribution in [1.82, 2.24) is 5.32 Å². The van der Waals surface area contributed by atoms with Crippen LogP contribution < -0.4 is 5.32 Å². The fourth-order valence-electron chi connectivity index (χ4n) is 1.77. The minimum atomic E-state index is 0.106. The summed E-state index contributed by atoms with van der Waals surface area (Å²) in [7, 11) is 0. The summed E-state index contributed by atoms with van der Waals surface area (Å²) in [6, 6.07) is 0.321. The fraction of sp³-hybridized carbons (Fsp3) is 0.647. The van der Waals surface area contributed by atoms with E-state index in [0.717, 1.165) is 24.1 Å². The largest absolute Gasteiger partial charge is 0.379 e. The van der Waals surface area contributed by atoms with Crippen LogP contribution in [0.4, 0.5) is 0 Å². The highest BCUT2D eigenvalue weighted by Crippen LogP contribution is 2.32. The van der Waals surface area contributed by atoms with Crippen LogP contribution in [-0.4, -0.2) is 6.04 Å². The summed E-state index contributed by atoms with van der Waals surface area (Å²) in [5.41, 5.74) is 3.35. The standard InChI is InChI=1S/C17H31N/c1-9-11-12-16(13(3)4)18-15(6)14(5)17(7,8)10-2/h16,18H,3,5-6,9-12H2,1-2,4,7-8H3. The van der Waals surface area contributed by atoms with Crippen molar-refractivity contribution in [2.75, 3.05) is 0 Å². The van der Waals surface area contributed by atoms with Gasteiger partial charge in [-0.2, -0.15) is 0 Å². The number of hydrogen-bond donors (Lipinski definition) is 1. The third-order valence-corrected chi connectivity index (χ3v) is 3.85. The second-order valence-electron chi connectivity index (χ2n) is 5.88. The smallest absolute Gasteiger partial charge is 0.0468 e. The third kappa shape index (κ3) is 5.12. The Morgan fingerprint density at radius 1 is 1.17 bits per heavy atom. The summed E-state index contributed by atoms with van der Waals surface area (Å²) in [5, 5.41) is 3.50. The average Bonchev–Trinajstić information content (AvgIpc) is 2.32. The van der Waals surface area contributed by atoms with Crippen molar-refractivity contribution in [3.8, 4) is 0 Å². The van der Waals surface area contributed by atoms with E-state index in [1.807, 2.05) is 0 Å². The molecule has 0 bridgehead atoms. The molecule has 1 heteroatoms. The second kappa shape index (κ2) is 7.45. The van der Waals surface area contributed by atoms with E-state index in [1.165, 1.54) is 18.4 Å². The lowest BCUT2D eigenvalue weighted by Crippen LogP contribution is -2.32. The van der Waals surface area contributed by atoms with Gasteiger partial charge in [0.1, 0.15) is 0 Å². The quantitative estimate of drug-likeness (QED) is 0.436. The minimum absolute atomic E-state index is 0.106. The van der Waals surface area contributed by atoms with Crippen LogP contribution in [0.1, 0.15) is 60.3 Å². The maximum absolute atomic E-state index is 4.20. The summed E-state index contributed by atoms with van der Waals surface area (Å²) in [6.45, 7) is 23.3. The van der Waals surface area contributed by atoms with Crippen molar-refractivity contribution in [1.29, 1.82) is 0 Å². The SMILES string of the molecule is C=C(NC(CCCC)C(=C)C)C(=C)C(C)(C)CC. The minimum Gasteiger partial charge on any atom is -0.379 e. The molecule has 0 aromatic rings. The molecule has 0 amide bonds. The molecular weight excluding hydrogens is 218 g/mol. The van der Waals surface area contributed by atoms with Gasteiger partial charge in [-0.3, -0.25) is 0 Å². The molecule has 0 heterocycles. The molecule has 0 saturated heterocycles. The van der Waals surface area contributed by atoms with E-state index in [1.54, 1.807) is 0 Å². The molecular formula is C17H31N. The van der Waals surface area contributed by atoms with Crippen LogP contribution in [0.5, 0.6) is 0 Å². The van der Waals surface area contributed by atoms with Crippen LogP contribution in [0.3, 0.4) is 0 Å². The Morgan fingerprint density at radius 3 is 2.11 bits per heavy atom. The Balaban J connectivity index is 4.60. The zero-order valence-corrected chi connectivity index (χ0v) is 13.0. The van der Waals surface area contributed by atoms with Crippen LogP contribution >= 0.6 is 0 Å². The predicted molar refractivity (Wildman–Crippen MR) is 83.6 cm³/mol. The molecule has 1 nitrogen and oxygen atoms in total. The molecule has 0 radical (unpaired) electrons. The van der Waals surface area contributed by atoms with Crippen LogP contribution in [0, 0.1) is 5.41 Å². The predicted octanol–water partition coefficient (Wildman–Crippen LogP) is 5.22. The Kier molecular flexibility index (Phi) is 7.05. The maximum Gasteiger partial charge on any atom is 0.0468 e. The number of hydrogen-bond acceptors (Lipinski definition) is 1. The van der Waals surface area contributed by atoms with Gasteiger partial charge in [0, 0.05) is 11.7 Å². The number of nitrogens with one attached hydrogen (secondary N) is 1. The lowest BCUT2D eigenvalue weighted by atomic mass is 9.81. The molecule has 0 aromatic carbocycles. The Bertz CT molecular complexity index is 310. The summed E-state index contributed by atoms with van der Waals surface area (Å²) in [6.07, 6.45) is 4.60. The lowest BCUT2D eigenvalue weighted by molar-refractivity contribution is 0.426. The van der Waals surface area contributed by atoms with Crippen molar-refractivity contribution in [2.24, 2.45) is 5.41 Å². The topological polar surface area (TPSA) is 12.0 Å². The first-order valence-corrected chi connectivity index (χ1v) is 7.06. The van der Waals surface area contributed by atoms with Gasteiger partial charge in [-0.05, 0) is 30.8 Å². The van der Waals surface area contributed by atoms with E-state index >= 15 is 0 Å².